The maximum absolute atomic E-state index is 10.1. The second kappa shape index (κ2) is 5.51. The van der Waals surface area contributed by atoms with E-state index in [4.69, 9.17) is 0 Å². The fourth-order valence-corrected chi connectivity index (χ4v) is 4.02. The van der Waals surface area contributed by atoms with E-state index < -0.39 is 0 Å². The third-order valence-corrected chi connectivity index (χ3v) is 5.05. The first kappa shape index (κ1) is 12.9. The molecule has 0 bridgehead atoms. The molecule has 1 N–H and O–H groups in total. The van der Waals surface area contributed by atoms with E-state index in [1.807, 2.05) is 11.3 Å². The van der Waals surface area contributed by atoms with Crippen LogP contribution in [-0.4, -0.2) is 9.67 Å². The molecule has 2 unspecified atom stereocenters. The Kier molecular flexibility index (Phi) is 3.76. The van der Waals surface area contributed by atoms with E-state index in [-0.39, 0.29) is 6.10 Å². The van der Waals surface area contributed by atoms with Crippen molar-refractivity contribution in [3.05, 3.63) is 45.9 Å². The van der Waals surface area contributed by atoms with Crippen LogP contribution in [0.4, 0.5) is 0 Å². The molecule has 2 aromatic rings. The predicted molar refractivity (Wildman–Crippen MR) is 79.7 cm³/mol. The van der Waals surface area contributed by atoms with Crippen molar-refractivity contribution in [3.63, 3.8) is 0 Å². The molecule has 2 heterocycles. The molecular formula is C16H21NOS. The minimum absolute atomic E-state index is 0.254. The first-order valence-corrected chi connectivity index (χ1v) is 8.10. The number of hydrogen-bond acceptors (Lipinski definition) is 2. The average molecular weight is 275 g/mol. The number of nitrogens with zero attached hydrogens (tertiary/aromatic N) is 1. The van der Waals surface area contributed by atoms with Gasteiger partial charge in [-0.1, -0.05) is 19.4 Å². The van der Waals surface area contributed by atoms with Crippen molar-refractivity contribution >= 4 is 11.3 Å². The highest BCUT2D eigenvalue weighted by Gasteiger charge is 2.24. The van der Waals surface area contributed by atoms with Gasteiger partial charge in [0.15, 0.2) is 0 Å². The lowest BCUT2D eigenvalue weighted by molar-refractivity contribution is 0.155. The van der Waals surface area contributed by atoms with Crippen LogP contribution >= 0.6 is 11.3 Å². The molecule has 0 fully saturated rings. The second-order valence-corrected chi connectivity index (χ2v) is 6.33. The predicted octanol–water partition coefficient (Wildman–Crippen LogP) is 4.31. The smallest absolute Gasteiger partial charge is 0.0807 e. The van der Waals surface area contributed by atoms with Gasteiger partial charge in [-0.3, -0.25) is 0 Å². The van der Waals surface area contributed by atoms with E-state index in [0.29, 0.717) is 6.04 Å². The number of hydrogen-bond donors (Lipinski definition) is 1. The number of thiophene rings is 1. The molecule has 0 spiro atoms. The Morgan fingerprint density at radius 2 is 2.37 bits per heavy atom. The van der Waals surface area contributed by atoms with Crippen LogP contribution in [0.3, 0.4) is 0 Å². The van der Waals surface area contributed by atoms with Gasteiger partial charge in [0.25, 0.3) is 0 Å². The summed E-state index contributed by atoms with van der Waals surface area (Å²) in [7, 11) is 0. The summed E-state index contributed by atoms with van der Waals surface area (Å²) < 4.78 is 2.41. The van der Waals surface area contributed by atoms with Gasteiger partial charge in [0, 0.05) is 22.3 Å². The van der Waals surface area contributed by atoms with Gasteiger partial charge in [-0.25, -0.2) is 0 Å². The number of fused-ring (bicyclic) bond motifs is 1. The number of aromatic nitrogens is 1. The minimum Gasteiger partial charge on any atom is -0.388 e. The Labute approximate surface area is 118 Å². The van der Waals surface area contributed by atoms with Crippen molar-refractivity contribution in [1.29, 1.82) is 0 Å². The van der Waals surface area contributed by atoms with E-state index in [1.54, 1.807) is 0 Å². The van der Waals surface area contributed by atoms with Crippen LogP contribution in [0.1, 0.15) is 60.9 Å². The topological polar surface area (TPSA) is 25.2 Å². The molecule has 0 radical (unpaired) electrons. The van der Waals surface area contributed by atoms with Gasteiger partial charge < -0.3 is 9.67 Å². The van der Waals surface area contributed by atoms with Crippen molar-refractivity contribution in [3.8, 4) is 0 Å². The Morgan fingerprint density at radius 1 is 1.47 bits per heavy atom. The van der Waals surface area contributed by atoms with Crippen LogP contribution in [0.15, 0.2) is 29.8 Å². The first-order valence-electron chi connectivity index (χ1n) is 7.22. The highest BCUT2D eigenvalue weighted by Crippen LogP contribution is 2.36. The molecular weight excluding hydrogens is 254 g/mol. The van der Waals surface area contributed by atoms with Crippen molar-refractivity contribution in [2.24, 2.45) is 0 Å². The molecule has 0 saturated heterocycles. The van der Waals surface area contributed by atoms with Crippen LogP contribution in [-0.2, 0) is 6.42 Å². The van der Waals surface area contributed by atoms with Crippen LogP contribution in [0.2, 0.25) is 0 Å². The summed E-state index contributed by atoms with van der Waals surface area (Å²) in [5.41, 5.74) is 2.51. The first-order chi connectivity index (χ1) is 9.31. The molecule has 2 aromatic heterocycles. The minimum atomic E-state index is -0.254. The van der Waals surface area contributed by atoms with Crippen molar-refractivity contribution in [2.45, 2.75) is 51.2 Å². The molecule has 102 valence electrons. The van der Waals surface area contributed by atoms with E-state index in [0.717, 1.165) is 31.2 Å². The summed E-state index contributed by atoms with van der Waals surface area (Å²) in [5, 5.41) is 12.3. The fraction of sp³-hybridized carbons (Fsp3) is 0.500. The highest BCUT2D eigenvalue weighted by molar-refractivity contribution is 7.10. The van der Waals surface area contributed by atoms with Crippen molar-refractivity contribution in [1.82, 2.24) is 4.57 Å². The van der Waals surface area contributed by atoms with E-state index in [2.05, 4.69) is 41.3 Å². The maximum atomic E-state index is 10.1. The van der Waals surface area contributed by atoms with Crippen LogP contribution in [0.5, 0.6) is 0 Å². The molecule has 2 atom stereocenters. The lowest BCUT2D eigenvalue weighted by Crippen LogP contribution is -2.16. The van der Waals surface area contributed by atoms with Gasteiger partial charge in [-0.05, 0) is 43.2 Å². The molecule has 0 aromatic carbocycles. The molecule has 19 heavy (non-hydrogen) atoms. The molecule has 1 aliphatic rings. The van der Waals surface area contributed by atoms with E-state index in [1.165, 1.54) is 17.0 Å². The van der Waals surface area contributed by atoms with Gasteiger partial charge in [-0.2, -0.15) is 0 Å². The van der Waals surface area contributed by atoms with Gasteiger partial charge in [0.2, 0.25) is 0 Å². The van der Waals surface area contributed by atoms with Crippen LogP contribution < -0.4 is 0 Å². The van der Waals surface area contributed by atoms with Gasteiger partial charge in [0.05, 0.1) is 12.1 Å². The number of aliphatic hydroxyl groups excluding tert-OH is 1. The van der Waals surface area contributed by atoms with Crippen molar-refractivity contribution < 1.29 is 5.11 Å². The Bertz CT molecular complexity index is 529. The molecule has 2 nitrogen and oxygen atoms in total. The number of aliphatic hydroxyl groups is 1. The molecule has 0 amide bonds. The van der Waals surface area contributed by atoms with Crippen LogP contribution in [0.25, 0.3) is 0 Å². The zero-order valence-corrected chi connectivity index (χ0v) is 12.2. The van der Waals surface area contributed by atoms with Gasteiger partial charge >= 0.3 is 0 Å². The normalized spacial score (nSPS) is 20.2. The van der Waals surface area contributed by atoms with E-state index in [9.17, 15) is 5.11 Å². The lowest BCUT2D eigenvalue weighted by Gasteiger charge is -2.25. The summed E-state index contributed by atoms with van der Waals surface area (Å²) in [6.45, 7) is 2.24. The Balaban J connectivity index is 1.99. The number of rotatable bonds is 4. The molecule has 0 aliphatic heterocycles. The zero-order valence-electron chi connectivity index (χ0n) is 11.4. The lowest BCUT2D eigenvalue weighted by atomic mass is 9.95. The average Bonchev–Trinajstić information content (AvgIpc) is 3.06. The Morgan fingerprint density at radius 3 is 3.11 bits per heavy atom. The third-order valence-electron chi connectivity index (χ3n) is 4.08. The van der Waals surface area contributed by atoms with Gasteiger partial charge in [-0.15, -0.1) is 11.3 Å². The maximum Gasteiger partial charge on any atom is 0.0807 e. The highest BCUT2D eigenvalue weighted by atomic mass is 32.1. The monoisotopic (exact) mass is 275 g/mol. The molecule has 0 saturated carbocycles. The summed E-state index contributed by atoms with van der Waals surface area (Å²) in [6, 6.07) is 6.93. The summed E-state index contributed by atoms with van der Waals surface area (Å²) in [6.07, 6.45) is 7.38. The fourth-order valence-electron chi connectivity index (χ4n) is 3.16. The third kappa shape index (κ3) is 2.37. The SMILES string of the molecule is CCCC(c1cccs1)n1ccc2c1CCCC2O. The molecule has 3 rings (SSSR count). The largest absolute Gasteiger partial charge is 0.388 e. The quantitative estimate of drug-likeness (QED) is 0.883. The zero-order chi connectivity index (χ0) is 13.2. The molecule has 3 heteroatoms. The summed E-state index contributed by atoms with van der Waals surface area (Å²) in [4.78, 5) is 1.43. The standard InChI is InChI=1S/C16H21NOS/c1-2-5-14(16-8-4-11-19-16)17-10-9-12-13(17)6-3-7-15(12)18/h4,8-11,14-15,18H,2-3,5-7H2,1H3. The van der Waals surface area contributed by atoms with Crippen LogP contribution in [0, 0.1) is 0 Å². The Hall–Kier alpha value is -1.06. The van der Waals surface area contributed by atoms with E-state index >= 15 is 0 Å². The van der Waals surface area contributed by atoms with Crippen molar-refractivity contribution in [2.75, 3.05) is 0 Å². The molecule has 1 aliphatic carbocycles. The summed E-state index contributed by atoms with van der Waals surface area (Å²) in [5.74, 6) is 0. The summed E-state index contributed by atoms with van der Waals surface area (Å²) >= 11 is 1.84. The second-order valence-electron chi connectivity index (χ2n) is 5.35. The van der Waals surface area contributed by atoms with Gasteiger partial charge in [0.1, 0.15) is 0 Å².